The summed E-state index contributed by atoms with van der Waals surface area (Å²) in [6, 6.07) is 2.32. The number of hydrogen-bond acceptors (Lipinski definition) is 6. The van der Waals surface area contributed by atoms with Crippen molar-refractivity contribution in [3.63, 3.8) is 0 Å². The molecule has 2 N–H and O–H groups in total. The van der Waals surface area contributed by atoms with Crippen molar-refractivity contribution >= 4 is 17.8 Å². The van der Waals surface area contributed by atoms with E-state index in [1.165, 1.54) is 25.7 Å². The van der Waals surface area contributed by atoms with Crippen LogP contribution in [0.4, 0.5) is 4.39 Å². The van der Waals surface area contributed by atoms with E-state index in [-0.39, 0.29) is 64.3 Å². The molecule has 9 heteroatoms. The first-order valence-electron chi connectivity index (χ1n) is 16.1. The van der Waals surface area contributed by atoms with Gasteiger partial charge < -0.3 is 24.8 Å². The van der Waals surface area contributed by atoms with Crippen LogP contribution in [-0.2, 0) is 14.3 Å². The predicted molar refractivity (Wildman–Crippen MR) is 160 cm³/mol. The summed E-state index contributed by atoms with van der Waals surface area (Å²) in [5.74, 6) is -0.883. The Morgan fingerprint density at radius 1 is 0.977 bits per heavy atom. The molecular weight excluding hydrogens is 551 g/mol. The molecule has 4 aliphatic carbocycles. The van der Waals surface area contributed by atoms with E-state index in [4.69, 9.17) is 14.2 Å². The van der Waals surface area contributed by atoms with Gasteiger partial charge in [-0.3, -0.25) is 14.4 Å². The molecule has 0 heterocycles. The second-order valence-electron chi connectivity index (χ2n) is 15.1. The number of amides is 2. The van der Waals surface area contributed by atoms with Gasteiger partial charge in [0.1, 0.15) is 11.4 Å². The summed E-state index contributed by atoms with van der Waals surface area (Å²) >= 11 is 0. The Balaban J connectivity index is 1.25. The Morgan fingerprint density at radius 3 is 2.26 bits per heavy atom. The highest BCUT2D eigenvalue weighted by Gasteiger charge is 2.52. The van der Waals surface area contributed by atoms with Crippen LogP contribution in [0.2, 0.25) is 0 Å². The van der Waals surface area contributed by atoms with E-state index in [1.54, 1.807) is 0 Å². The molecular formula is C34H49FN2O6. The number of hydrogen-bond donors (Lipinski definition) is 2. The van der Waals surface area contributed by atoms with Gasteiger partial charge in [0.15, 0.2) is 11.6 Å². The first-order valence-corrected chi connectivity index (χ1v) is 16.1. The summed E-state index contributed by atoms with van der Waals surface area (Å²) in [4.78, 5) is 39.8. The van der Waals surface area contributed by atoms with E-state index >= 15 is 4.39 Å². The van der Waals surface area contributed by atoms with Gasteiger partial charge in [-0.05, 0) is 109 Å². The third-order valence-electron chi connectivity index (χ3n) is 10.5. The standard InChI is InChI=1S/C34H49FN2O6/c1-32(2,3)43-31(40)34(5)14-10-22(11-15-34)42-26-17-23(25(41-6)18-24(26)35)29(38)37-28-21-9-8-20(16-21)27(28)30(39)36-19-33(4)12-7-13-33/h17-18,20-22,27-28H,7-16,19H2,1-6H3,(H,36,39)(H,37,38)/t20-,21+,22?,27+,28-,34?/m0/s1. The van der Waals surface area contributed by atoms with Crippen LogP contribution in [0.1, 0.15) is 109 Å². The largest absolute Gasteiger partial charge is 0.496 e. The van der Waals surface area contributed by atoms with Crippen LogP contribution in [0.3, 0.4) is 0 Å². The lowest BCUT2D eigenvalue weighted by molar-refractivity contribution is -0.169. The van der Waals surface area contributed by atoms with Crippen LogP contribution in [0.5, 0.6) is 11.5 Å². The predicted octanol–water partition coefficient (Wildman–Crippen LogP) is 5.95. The maximum atomic E-state index is 15.1. The van der Waals surface area contributed by atoms with Gasteiger partial charge in [-0.15, -0.1) is 0 Å². The normalized spacial score (nSPS) is 31.1. The number of nitrogens with one attached hydrogen (secondary N) is 2. The minimum absolute atomic E-state index is 0.0206. The summed E-state index contributed by atoms with van der Waals surface area (Å²) in [5, 5.41) is 6.33. The van der Waals surface area contributed by atoms with E-state index in [2.05, 4.69) is 17.6 Å². The van der Waals surface area contributed by atoms with Gasteiger partial charge in [-0.25, -0.2) is 4.39 Å². The van der Waals surface area contributed by atoms with Crippen molar-refractivity contribution < 1.29 is 33.0 Å². The molecule has 238 valence electrons. The van der Waals surface area contributed by atoms with Crippen LogP contribution < -0.4 is 20.1 Å². The molecule has 0 aliphatic heterocycles. The van der Waals surface area contributed by atoms with Crippen LogP contribution in [0, 0.1) is 34.4 Å². The topological polar surface area (TPSA) is 103 Å². The second kappa shape index (κ2) is 11.9. The molecule has 0 saturated heterocycles. The summed E-state index contributed by atoms with van der Waals surface area (Å²) in [5.41, 5.74) is -0.823. The van der Waals surface area contributed by atoms with Crippen molar-refractivity contribution in [2.75, 3.05) is 13.7 Å². The van der Waals surface area contributed by atoms with Crippen LogP contribution in [-0.4, -0.2) is 49.2 Å². The average molecular weight is 601 g/mol. The van der Waals surface area contributed by atoms with Gasteiger partial charge in [0.05, 0.1) is 30.1 Å². The van der Waals surface area contributed by atoms with Gasteiger partial charge in [0, 0.05) is 18.7 Å². The van der Waals surface area contributed by atoms with Gasteiger partial charge in [-0.2, -0.15) is 0 Å². The number of fused-ring (bicyclic) bond motifs is 2. The fourth-order valence-electron chi connectivity index (χ4n) is 7.58. The van der Waals surface area contributed by atoms with Crippen LogP contribution in [0.25, 0.3) is 0 Å². The first kappa shape index (κ1) is 31.6. The molecule has 2 bridgehead atoms. The average Bonchev–Trinajstić information content (AvgIpc) is 3.54. The lowest BCUT2D eigenvalue weighted by atomic mass is 9.70. The summed E-state index contributed by atoms with van der Waals surface area (Å²) < 4.78 is 32.3. The molecule has 8 nitrogen and oxygen atoms in total. The number of rotatable bonds is 9. The lowest BCUT2D eigenvalue weighted by Gasteiger charge is -2.39. The van der Waals surface area contributed by atoms with Gasteiger partial charge >= 0.3 is 5.97 Å². The highest BCUT2D eigenvalue weighted by Crippen LogP contribution is 2.49. The van der Waals surface area contributed by atoms with Gasteiger partial charge in [-0.1, -0.05) is 13.3 Å². The van der Waals surface area contributed by atoms with E-state index in [0.717, 1.165) is 32.1 Å². The fraction of sp³-hybridized carbons (Fsp3) is 0.735. The quantitative estimate of drug-likeness (QED) is 0.340. The smallest absolute Gasteiger partial charge is 0.312 e. The Morgan fingerprint density at radius 2 is 1.65 bits per heavy atom. The number of halogens is 1. The third-order valence-corrected chi connectivity index (χ3v) is 10.5. The molecule has 2 amide bonds. The molecule has 4 saturated carbocycles. The van der Waals surface area contributed by atoms with E-state index in [0.29, 0.717) is 32.2 Å². The molecule has 5 rings (SSSR count). The van der Waals surface area contributed by atoms with Crippen LogP contribution >= 0.6 is 0 Å². The highest BCUT2D eigenvalue weighted by atomic mass is 19.1. The van der Waals surface area contributed by atoms with E-state index < -0.39 is 22.7 Å². The van der Waals surface area contributed by atoms with Crippen molar-refractivity contribution in [1.82, 2.24) is 10.6 Å². The zero-order valence-corrected chi connectivity index (χ0v) is 26.6. The van der Waals surface area contributed by atoms with E-state index in [9.17, 15) is 14.4 Å². The molecule has 0 spiro atoms. The maximum absolute atomic E-state index is 15.1. The fourth-order valence-corrected chi connectivity index (χ4v) is 7.58. The monoisotopic (exact) mass is 600 g/mol. The molecule has 4 fully saturated rings. The molecule has 4 aliphatic rings. The Labute approximate surface area is 255 Å². The molecule has 0 unspecified atom stereocenters. The molecule has 1 aromatic rings. The van der Waals surface area contributed by atoms with Gasteiger partial charge in [0.2, 0.25) is 5.91 Å². The SMILES string of the molecule is COc1cc(F)c(OC2CCC(C)(C(=O)OC(C)(C)C)CC2)cc1C(=O)N[C@H]1[C@@H]2CC[C@@H](C2)[C@H]1C(=O)NCC1(C)CCC1. The second-order valence-corrected chi connectivity index (χ2v) is 15.1. The Hall–Kier alpha value is -2.84. The third kappa shape index (κ3) is 6.80. The van der Waals surface area contributed by atoms with Gasteiger partial charge in [0.25, 0.3) is 5.91 Å². The summed E-state index contributed by atoms with van der Waals surface area (Å²) in [7, 11) is 1.40. The highest BCUT2D eigenvalue weighted by molar-refractivity contribution is 5.98. The number of carbonyl (C=O) groups excluding carboxylic acids is 3. The first-order chi connectivity index (χ1) is 20.2. The van der Waals surface area contributed by atoms with E-state index in [1.807, 2.05) is 27.7 Å². The number of esters is 1. The molecule has 0 aromatic heterocycles. The summed E-state index contributed by atoms with van der Waals surface area (Å²) in [6.45, 7) is 10.4. The zero-order chi connectivity index (χ0) is 31.2. The Kier molecular flexibility index (Phi) is 8.76. The minimum Gasteiger partial charge on any atom is -0.496 e. The van der Waals surface area contributed by atoms with Crippen LogP contribution in [0.15, 0.2) is 12.1 Å². The summed E-state index contributed by atoms with van der Waals surface area (Å²) in [6.07, 6.45) is 8.31. The minimum atomic E-state index is -0.615. The number of ether oxygens (including phenoxy) is 3. The van der Waals surface area contributed by atoms with Crippen molar-refractivity contribution in [1.29, 1.82) is 0 Å². The van der Waals surface area contributed by atoms with Crippen molar-refractivity contribution in [3.05, 3.63) is 23.5 Å². The molecule has 43 heavy (non-hydrogen) atoms. The maximum Gasteiger partial charge on any atom is 0.312 e. The number of carbonyl (C=O) groups is 3. The zero-order valence-electron chi connectivity index (χ0n) is 26.6. The Bertz CT molecular complexity index is 1230. The van der Waals surface area contributed by atoms with Crippen molar-refractivity contribution in [3.8, 4) is 11.5 Å². The molecule has 4 atom stereocenters. The van der Waals surface area contributed by atoms with Crippen molar-refractivity contribution in [2.45, 2.75) is 117 Å². The number of methoxy groups -OCH3 is 1. The lowest BCUT2D eigenvalue weighted by Crippen LogP contribution is -2.51. The molecule has 0 radical (unpaired) electrons. The van der Waals surface area contributed by atoms with Crippen molar-refractivity contribution in [2.24, 2.45) is 28.6 Å². The number of benzene rings is 1. The molecule has 1 aromatic carbocycles.